The quantitative estimate of drug-likeness (QED) is 0.776. The van der Waals surface area contributed by atoms with Gasteiger partial charge < -0.3 is 11.5 Å². The molecule has 15 heavy (non-hydrogen) atoms. The summed E-state index contributed by atoms with van der Waals surface area (Å²) in [4.78, 5) is 0. The second-order valence-corrected chi connectivity index (χ2v) is 4.24. The molecule has 0 bridgehead atoms. The lowest BCUT2D eigenvalue weighted by Crippen LogP contribution is -1.95. The molecule has 0 heterocycles. The Labute approximate surface area is 97.0 Å². The summed E-state index contributed by atoms with van der Waals surface area (Å²) >= 11 is 3.43. The molecule has 0 saturated carbocycles. The lowest BCUT2D eigenvalue weighted by molar-refractivity contribution is 1.58. The van der Waals surface area contributed by atoms with E-state index in [1.807, 2.05) is 42.5 Å². The molecule has 0 aliphatic heterocycles. The molecule has 0 radical (unpaired) electrons. The van der Waals surface area contributed by atoms with E-state index in [1.54, 1.807) is 0 Å². The van der Waals surface area contributed by atoms with Crippen molar-refractivity contribution in [3.63, 3.8) is 0 Å². The largest absolute Gasteiger partial charge is 0.398 e. The lowest BCUT2D eigenvalue weighted by Gasteiger charge is -2.09. The van der Waals surface area contributed by atoms with Crippen LogP contribution in [0.3, 0.4) is 0 Å². The van der Waals surface area contributed by atoms with Crippen LogP contribution >= 0.6 is 15.9 Å². The summed E-state index contributed by atoms with van der Waals surface area (Å²) in [5.74, 6) is 0. The molecule has 0 aromatic heterocycles. The Hall–Kier alpha value is -1.48. The van der Waals surface area contributed by atoms with Gasteiger partial charge in [0.2, 0.25) is 0 Å². The van der Waals surface area contributed by atoms with E-state index in [1.165, 1.54) is 0 Å². The Morgan fingerprint density at radius 2 is 1.47 bits per heavy atom. The Balaban J connectivity index is 2.63. The highest BCUT2D eigenvalue weighted by Gasteiger charge is 2.06. The minimum atomic E-state index is 0.702. The summed E-state index contributed by atoms with van der Waals surface area (Å²) < 4.78 is 1.02. The van der Waals surface area contributed by atoms with Gasteiger partial charge in [0.25, 0.3) is 0 Å². The number of hydrogen-bond acceptors (Lipinski definition) is 2. The van der Waals surface area contributed by atoms with Crippen molar-refractivity contribution in [2.45, 2.75) is 0 Å². The summed E-state index contributed by atoms with van der Waals surface area (Å²) in [5.41, 5.74) is 15.1. The van der Waals surface area contributed by atoms with Crippen LogP contribution in [0.15, 0.2) is 46.9 Å². The highest BCUT2D eigenvalue weighted by molar-refractivity contribution is 9.10. The number of anilines is 2. The molecule has 2 aromatic carbocycles. The van der Waals surface area contributed by atoms with Gasteiger partial charge in [-0.3, -0.25) is 0 Å². The van der Waals surface area contributed by atoms with Crippen molar-refractivity contribution in [3.8, 4) is 11.1 Å². The summed E-state index contributed by atoms with van der Waals surface area (Å²) in [6, 6.07) is 13.5. The minimum absolute atomic E-state index is 0.702. The van der Waals surface area contributed by atoms with Crippen LogP contribution in [0.25, 0.3) is 11.1 Å². The van der Waals surface area contributed by atoms with Crippen molar-refractivity contribution in [2.24, 2.45) is 0 Å². The number of rotatable bonds is 1. The Morgan fingerprint density at radius 1 is 0.867 bits per heavy atom. The van der Waals surface area contributed by atoms with Crippen molar-refractivity contribution in [2.75, 3.05) is 11.5 Å². The SMILES string of the molecule is Nc1cccc(N)c1-c1cccc(Br)c1. The number of halogens is 1. The van der Waals surface area contributed by atoms with Crippen LogP contribution in [-0.2, 0) is 0 Å². The highest BCUT2D eigenvalue weighted by atomic mass is 79.9. The molecule has 4 N–H and O–H groups in total. The van der Waals surface area contributed by atoms with Gasteiger partial charge in [-0.1, -0.05) is 34.1 Å². The molecule has 2 aromatic rings. The van der Waals surface area contributed by atoms with Crippen LogP contribution in [-0.4, -0.2) is 0 Å². The zero-order chi connectivity index (χ0) is 10.8. The Morgan fingerprint density at radius 3 is 2.07 bits per heavy atom. The maximum Gasteiger partial charge on any atom is 0.0414 e. The third-order valence-corrected chi connectivity index (χ3v) is 2.74. The van der Waals surface area contributed by atoms with Crippen LogP contribution in [0.1, 0.15) is 0 Å². The second kappa shape index (κ2) is 3.95. The fourth-order valence-electron chi connectivity index (χ4n) is 1.57. The molecular formula is C12H11BrN2. The molecule has 0 spiro atoms. The normalized spacial score (nSPS) is 10.2. The van der Waals surface area contributed by atoms with Gasteiger partial charge in [-0.15, -0.1) is 0 Å². The van der Waals surface area contributed by atoms with Crippen LogP contribution in [0.5, 0.6) is 0 Å². The summed E-state index contributed by atoms with van der Waals surface area (Å²) in [6.07, 6.45) is 0. The zero-order valence-corrected chi connectivity index (χ0v) is 9.66. The number of hydrogen-bond donors (Lipinski definition) is 2. The van der Waals surface area contributed by atoms with Crippen LogP contribution in [0.4, 0.5) is 11.4 Å². The first-order valence-corrected chi connectivity index (χ1v) is 5.37. The third kappa shape index (κ3) is 1.97. The molecule has 76 valence electrons. The van der Waals surface area contributed by atoms with E-state index in [4.69, 9.17) is 11.5 Å². The standard InChI is InChI=1S/C12H11BrN2/c13-9-4-1-3-8(7-9)12-10(14)5-2-6-11(12)15/h1-7H,14-15H2. The number of nitrogens with two attached hydrogens (primary N) is 2. The van der Waals surface area contributed by atoms with E-state index in [2.05, 4.69) is 15.9 Å². The van der Waals surface area contributed by atoms with Gasteiger partial charge >= 0.3 is 0 Å². The van der Waals surface area contributed by atoms with Crippen LogP contribution in [0, 0.1) is 0 Å². The number of nitrogen functional groups attached to an aromatic ring is 2. The van der Waals surface area contributed by atoms with Crippen LogP contribution in [0.2, 0.25) is 0 Å². The molecule has 2 rings (SSSR count). The van der Waals surface area contributed by atoms with E-state index in [-0.39, 0.29) is 0 Å². The topological polar surface area (TPSA) is 52.0 Å². The summed E-state index contributed by atoms with van der Waals surface area (Å²) in [7, 11) is 0. The van der Waals surface area contributed by atoms with E-state index >= 15 is 0 Å². The molecule has 0 aliphatic carbocycles. The molecular weight excluding hydrogens is 252 g/mol. The van der Waals surface area contributed by atoms with E-state index in [0.717, 1.165) is 15.6 Å². The maximum atomic E-state index is 5.91. The third-order valence-electron chi connectivity index (χ3n) is 2.24. The van der Waals surface area contributed by atoms with Gasteiger partial charge in [0.1, 0.15) is 0 Å². The minimum Gasteiger partial charge on any atom is -0.398 e. The first-order chi connectivity index (χ1) is 7.18. The van der Waals surface area contributed by atoms with Gasteiger partial charge in [0, 0.05) is 21.4 Å². The Kier molecular flexibility index (Phi) is 2.64. The molecule has 2 nitrogen and oxygen atoms in total. The monoisotopic (exact) mass is 262 g/mol. The highest BCUT2D eigenvalue weighted by Crippen LogP contribution is 2.32. The average molecular weight is 263 g/mol. The van der Waals surface area contributed by atoms with Gasteiger partial charge in [-0.05, 0) is 29.8 Å². The first kappa shape index (κ1) is 10.1. The number of benzene rings is 2. The van der Waals surface area contributed by atoms with Gasteiger partial charge in [0.15, 0.2) is 0 Å². The first-order valence-electron chi connectivity index (χ1n) is 4.58. The van der Waals surface area contributed by atoms with Crippen molar-refractivity contribution in [1.29, 1.82) is 0 Å². The average Bonchev–Trinajstić information content (AvgIpc) is 2.17. The summed E-state index contributed by atoms with van der Waals surface area (Å²) in [5, 5.41) is 0. The van der Waals surface area contributed by atoms with E-state index in [9.17, 15) is 0 Å². The molecule has 0 aliphatic rings. The summed E-state index contributed by atoms with van der Waals surface area (Å²) in [6.45, 7) is 0. The van der Waals surface area contributed by atoms with Gasteiger partial charge in [-0.25, -0.2) is 0 Å². The van der Waals surface area contributed by atoms with E-state index < -0.39 is 0 Å². The second-order valence-electron chi connectivity index (χ2n) is 3.32. The molecule has 3 heteroatoms. The molecule has 0 fully saturated rings. The lowest BCUT2D eigenvalue weighted by atomic mass is 10.0. The smallest absolute Gasteiger partial charge is 0.0414 e. The predicted molar refractivity (Wildman–Crippen MR) is 68.4 cm³/mol. The molecule has 0 unspecified atom stereocenters. The zero-order valence-electron chi connectivity index (χ0n) is 8.07. The fourth-order valence-corrected chi connectivity index (χ4v) is 1.97. The molecule has 0 saturated heterocycles. The van der Waals surface area contributed by atoms with Crippen molar-refractivity contribution < 1.29 is 0 Å². The fraction of sp³-hybridized carbons (Fsp3) is 0. The van der Waals surface area contributed by atoms with Crippen molar-refractivity contribution >= 4 is 27.3 Å². The molecule has 0 atom stereocenters. The van der Waals surface area contributed by atoms with Gasteiger partial charge in [0.05, 0.1) is 0 Å². The van der Waals surface area contributed by atoms with Gasteiger partial charge in [-0.2, -0.15) is 0 Å². The molecule has 0 amide bonds. The van der Waals surface area contributed by atoms with Crippen molar-refractivity contribution in [3.05, 3.63) is 46.9 Å². The van der Waals surface area contributed by atoms with E-state index in [0.29, 0.717) is 11.4 Å². The van der Waals surface area contributed by atoms with Crippen LogP contribution < -0.4 is 11.5 Å². The van der Waals surface area contributed by atoms with Crippen molar-refractivity contribution in [1.82, 2.24) is 0 Å². The predicted octanol–water partition coefficient (Wildman–Crippen LogP) is 3.28. The Bertz CT molecular complexity index is 474. The maximum absolute atomic E-state index is 5.91.